The summed E-state index contributed by atoms with van der Waals surface area (Å²) in [6.45, 7) is 5.16. The molecule has 2 aromatic heterocycles. The van der Waals surface area contributed by atoms with E-state index >= 15 is 0 Å². The number of guanidine groups is 1. The molecule has 0 bridgehead atoms. The van der Waals surface area contributed by atoms with Crippen LogP contribution in [-0.4, -0.2) is 67.6 Å². The lowest BCUT2D eigenvalue weighted by molar-refractivity contribution is -0.130. The highest BCUT2D eigenvalue weighted by Crippen LogP contribution is 2.22. The van der Waals surface area contributed by atoms with E-state index in [9.17, 15) is 31.4 Å². The standard InChI is InChI=1S/C26H32F4N8O4S/c1-7-10-43(41,32-6)38(15-26(28,29)30)23(37-24(40)42-25(3,4)5)34-14-19-18(27)8-9-20(35-19)36-22(39)21-16(2)11-17(12-31)13-33-21/h8-9,11,13H,7,10,14-15H2,1-6H3,(H,34,37,40)(H,35,36,39). The number of nitriles is 1. The number of pyridine rings is 2. The molecule has 1 unspecified atom stereocenters. The van der Waals surface area contributed by atoms with Gasteiger partial charge in [0.1, 0.15) is 51.2 Å². The second-order valence-corrected chi connectivity index (χ2v) is 12.4. The van der Waals surface area contributed by atoms with Gasteiger partial charge < -0.3 is 10.1 Å². The molecule has 17 heteroatoms. The van der Waals surface area contributed by atoms with Crippen molar-refractivity contribution in [2.75, 3.05) is 24.7 Å². The van der Waals surface area contributed by atoms with E-state index < -0.39 is 64.3 Å². The first-order valence-electron chi connectivity index (χ1n) is 12.8. The maximum atomic E-state index is 14.7. The van der Waals surface area contributed by atoms with Crippen molar-refractivity contribution in [3.8, 4) is 6.07 Å². The Balaban J connectivity index is 2.52. The first-order chi connectivity index (χ1) is 19.9. The van der Waals surface area contributed by atoms with Gasteiger partial charge in [-0.3, -0.25) is 10.1 Å². The zero-order valence-electron chi connectivity index (χ0n) is 24.4. The van der Waals surface area contributed by atoms with Gasteiger partial charge in [0.05, 0.1) is 17.9 Å². The number of aromatic nitrogens is 2. The Bertz CT molecular complexity index is 1540. The van der Waals surface area contributed by atoms with Crippen LogP contribution in [0.4, 0.5) is 28.2 Å². The molecule has 0 aliphatic heterocycles. The van der Waals surface area contributed by atoms with Gasteiger partial charge in [-0.05, 0) is 57.9 Å². The molecule has 0 fully saturated rings. The normalized spacial score (nSPS) is 13.4. The van der Waals surface area contributed by atoms with Gasteiger partial charge in [0, 0.05) is 13.2 Å². The van der Waals surface area contributed by atoms with Crippen LogP contribution in [0.3, 0.4) is 0 Å². The van der Waals surface area contributed by atoms with Crippen LogP contribution in [0.5, 0.6) is 0 Å². The van der Waals surface area contributed by atoms with Crippen LogP contribution in [0.2, 0.25) is 0 Å². The molecule has 2 amide bonds. The molecule has 234 valence electrons. The van der Waals surface area contributed by atoms with Crippen LogP contribution in [0.1, 0.15) is 61.4 Å². The highest BCUT2D eigenvalue weighted by molar-refractivity contribution is 7.91. The van der Waals surface area contributed by atoms with E-state index in [0.717, 1.165) is 19.2 Å². The highest BCUT2D eigenvalue weighted by atomic mass is 32.2. The molecule has 0 aliphatic carbocycles. The minimum Gasteiger partial charge on any atom is -0.444 e. The number of carbonyl (C=O) groups excluding carboxylic acids is 2. The van der Waals surface area contributed by atoms with Gasteiger partial charge in [-0.1, -0.05) is 6.92 Å². The predicted molar refractivity (Wildman–Crippen MR) is 151 cm³/mol. The maximum Gasteiger partial charge on any atom is 0.414 e. The molecule has 2 rings (SSSR count). The Hall–Kier alpha value is -4.33. The number of nitrogens with zero attached hydrogens (tertiary/aromatic N) is 6. The summed E-state index contributed by atoms with van der Waals surface area (Å²) in [5, 5.41) is 13.5. The average molecular weight is 629 g/mol. The van der Waals surface area contributed by atoms with E-state index in [1.807, 2.05) is 6.07 Å². The number of carbonyl (C=O) groups is 2. The smallest absolute Gasteiger partial charge is 0.414 e. The number of aryl methyl sites for hydroxylation is 1. The summed E-state index contributed by atoms with van der Waals surface area (Å²) in [6.07, 6.45) is -4.73. The maximum absolute atomic E-state index is 14.7. The topological polar surface area (TPSA) is 162 Å². The van der Waals surface area contributed by atoms with E-state index in [4.69, 9.17) is 10.00 Å². The number of hydrogen-bond acceptors (Lipinski definition) is 9. The molecular formula is C26H32F4N8O4S. The third-order valence-electron chi connectivity index (χ3n) is 5.23. The molecule has 2 N–H and O–H groups in total. The molecular weight excluding hydrogens is 596 g/mol. The quantitative estimate of drug-likeness (QED) is 0.243. The number of alkyl carbamates (subject to hydrolysis) is 1. The second-order valence-electron chi connectivity index (χ2n) is 9.99. The van der Waals surface area contributed by atoms with Gasteiger partial charge in [0.25, 0.3) is 5.91 Å². The van der Waals surface area contributed by atoms with Crippen LogP contribution in [0.25, 0.3) is 0 Å². The van der Waals surface area contributed by atoms with E-state index in [-0.39, 0.29) is 29.2 Å². The van der Waals surface area contributed by atoms with Crippen molar-refractivity contribution >= 4 is 33.7 Å². The summed E-state index contributed by atoms with van der Waals surface area (Å²) >= 11 is 0. The summed E-state index contributed by atoms with van der Waals surface area (Å²) in [7, 11) is -2.71. The summed E-state index contributed by atoms with van der Waals surface area (Å²) in [5.74, 6) is -2.92. The second kappa shape index (κ2) is 14.2. The van der Waals surface area contributed by atoms with E-state index in [1.54, 1.807) is 13.8 Å². The summed E-state index contributed by atoms with van der Waals surface area (Å²) < 4.78 is 78.3. The van der Waals surface area contributed by atoms with Crippen molar-refractivity contribution in [1.29, 1.82) is 5.26 Å². The van der Waals surface area contributed by atoms with Crippen molar-refractivity contribution in [3.63, 3.8) is 0 Å². The zero-order chi connectivity index (χ0) is 32.6. The Morgan fingerprint density at radius 3 is 2.44 bits per heavy atom. The molecule has 0 saturated heterocycles. The van der Waals surface area contributed by atoms with E-state index in [0.29, 0.717) is 9.87 Å². The van der Waals surface area contributed by atoms with Gasteiger partial charge in [0.15, 0.2) is 0 Å². The lowest BCUT2D eigenvalue weighted by Gasteiger charge is -2.30. The Kier molecular flexibility index (Phi) is 11.5. The molecule has 0 aromatic carbocycles. The minimum absolute atomic E-state index is 0.0228. The summed E-state index contributed by atoms with van der Waals surface area (Å²) in [6, 6.07) is 5.43. The Morgan fingerprint density at radius 1 is 1.23 bits per heavy atom. The number of alkyl halides is 3. The van der Waals surface area contributed by atoms with Crippen LogP contribution < -0.4 is 10.6 Å². The fourth-order valence-electron chi connectivity index (χ4n) is 3.48. The number of amides is 2. The largest absolute Gasteiger partial charge is 0.444 e. The Labute approximate surface area is 246 Å². The number of aliphatic imine (C=N–C) groups is 1. The average Bonchev–Trinajstić information content (AvgIpc) is 2.89. The first-order valence-corrected chi connectivity index (χ1v) is 14.4. The highest BCUT2D eigenvalue weighted by Gasteiger charge is 2.38. The number of rotatable bonds is 8. The molecule has 0 saturated carbocycles. The molecule has 0 aliphatic rings. The third kappa shape index (κ3) is 10.5. The summed E-state index contributed by atoms with van der Waals surface area (Å²) in [4.78, 5) is 37.2. The monoisotopic (exact) mass is 628 g/mol. The van der Waals surface area contributed by atoms with Crippen molar-refractivity contribution in [2.45, 2.75) is 59.4 Å². The molecule has 0 radical (unpaired) electrons. The third-order valence-corrected chi connectivity index (χ3v) is 7.73. The predicted octanol–water partition coefficient (Wildman–Crippen LogP) is 4.72. The van der Waals surface area contributed by atoms with Crippen LogP contribution in [0, 0.1) is 24.1 Å². The summed E-state index contributed by atoms with van der Waals surface area (Å²) in [5.41, 5.74) is -0.864. The van der Waals surface area contributed by atoms with Gasteiger partial charge in [-0.25, -0.2) is 37.0 Å². The van der Waals surface area contributed by atoms with Crippen molar-refractivity contribution in [3.05, 3.63) is 52.7 Å². The van der Waals surface area contributed by atoms with Crippen molar-refractivity contribution in [2.24, 2.45) is 9.36 Å². The lowest BCUT2D eigenvalue weighted by Crippen LogP contribution is -2.52. The van der Waals surface area contributed by atoms with E-state index in [1.165, 1.54) is 33.0 Å². The SMILES string of the molecule is CCCS(=O)(=NC)N(CC(F)(F)F)/C(=N\Cc1nc(NC(=O)c2ncc(C#N)cc2C)ccc1F)NC(=O)OC(C)(C)C. The van der Waals surface area contributed by atoms with Gasteiger partial charge in [-0.15, -0.1) is 0 Å². The molecule has 2 aromatic rings. The fraction of sp³-hybridized carbons (Fsp3) is 0.462. The van der Waals surface area contributed by atoms with Gasteiger partial charge in [0.2, 0.25) is 5.96 Å². The molecule has 0 spiro atoms. The van der Waals surface area contributed by atoms with Crippen molar-refractivity contribution < 1.29 is 36.1 Å². The Morgan fingerprint density at radius 2 is 1.91 bits per heavy atom. The fourth-order valence-corrected chi connectivity index (χ4v) is 5.33. The number of ether oxygens (including phenoxy) is 1. The van der Waals surface area contributed by atoms with Crippen LogP contribution in [-0.2, 0) is 21.2 Å². The molecule has 1 atom stereocenters. The first kappa shape index (κ1) is 34.9. The molecule has 43 heavy (non-hydrogen) atoms. The molecule has 2 heterocycles. The minimum atomic E-state index is -4.90. The van der Waals surface area contributed by atoms with Gasteiger partial charge in [-0.2, -0.15) is 18.4 Å². The number of hydrogen-bond donors (Lipinski definition) is 2. The van der Waals surface area contributed by atoms with Gasteiger partial charge >= 0.3 is 12.3 Å². The van der Waals surface area contributed by atoms with E-state index in [2.05, 4.69) is 30.0 Å². The number of nitrogens with one attached hydrogen (secondary N) is 2. The van der Waals surface area contributed by atoms with Crippen LogP contribution >= 0.6 is 0 Å². The van der Waals surface area contributed by atoms with Crippen molar-refractivity contribution in [1.82, 2.24) is 19.6 Å². The lowest BCUT2D eigenvalue weighted by atomic mass is 10.1. The zero-order valence-corrected chi connectivity index (χ0v) is 25.2. The van der Waals surface area contributed by atoms with Crippen LogP contribution in [0.15, 0.2) is 33.8 Å². The number of anilines is 1. The number of halogens is 4. The molecule has 12 nitrogen and oxygen atoms in total.